The van der Waals surface area contributed by atoms with E-state index in [2.05, 4.69) is 15.5 Å². The first-order chi connectivity index (χ1) is 12.2. The van der Waals surface area contributed by atoms with Gasteiger partial charge in [0.15, 0.2) is 0 Å². The zero-order valence-electron chi connectivity index (χ0n) is 12.7. The van der Waals surface area contributed by atoms with Crippen LogP contribution >= 0.6 is 34.5 Å². The quantitative estimate of drug-likeness (QED) is 0.329. The van der Waals surface area contributed by atoms with Gasteiger partial charge >= 0.3 is 0 Å². The van der Waals surface area contributed by atoms with E-state index in [9.17, 15) is 0 Å². The zero-order valence-corrected chi connectivity index (χ0v) is 15.1. The van der Waals surface area contributed by atoms with Crippen molar-refractivity contribution in [2.45, 2.75) is 0 Å². The number of halogens is 2. The van der Waals surface area contributed by atoms with E-state index in [4.69, 9.17) is 27.6 Å². The van der Waals surface area contributed by atoms with E-state index in [1.54, 1.807) is 29.7 Å². The Morgan fingerprint density at radius 2 is 1.96 bits per heavy atom. The van der Waals surface area contributed by atoms with Crippen molar-refractivity contribution in [2.75, 3.05) is 5.43 Å². The van der Waals surface area contributed by atoms with Crippen LogP contribution in [0.2, 0.25) is 10.0 Å². The Labute approximate surface area is 157 Å². The summed E-state index contributed by atoms with van der Waals surface area (Å²) in [4.78, 5) is 4.45. The van der Waals surface area contributed by atoms with Crippen LogP contribution in [0.1, 0.15) is 5.76 Å². The van der Waals surface area contributed by atoms with E-state index in [-0.39, 0.29) is 0 Å². The van der Waals surface area contributed by atoms with Gasteiger partial charge in [0, 0.05) is 10.6 Å². The molecule has 4 nitrogen and oxygen atoms in total. The third-order valence-corrected chi connectivity index (χ3v) is 4.96. The summed E-state index contributed by atoms with van der Waals surface area (Å²) >= 11 is 13.7. The van der Waals surface area contributed by atoms with Crippen LogP contribution in [0.15, 0.2) is 64.1 Å². The largest absolute Gasteiger partial charge is 0.455 e. The molecule has 2 aromatic carbocycles. The maximum absolute atomic E-state index is 6.20. The summed E-state index contributed by atoms with van der Waals surface area (Å²) in [6.45, 7) is 0. The van der Waals surface area contributed by atoms with E-state index in [1.165, 1.54) is 0 Å². The molecular weight excluding hydrogens is 377 g/mol. The van der Waals surface area contributed by atoms with Gasteiger partial charge in [0.25, 0.3) is 0 Å². The minimum atomic E-state index is 0.540. The number of nitrogens with zero attached hydrogens (tertiary/aromatic N) is 2. The van der Waals surface area contributed by atoms with Crippen LogP contribution < -0.4 is 5.43 Å². The molecule has 0 saturated heterocycles. The fourth-order valence-electron chi connectivity index (χ4n) is 2.33. The molecule has 2 aromatic heterocycles. The Bertz CT molecular complexity index is 1040. The van der Waals surface area contributed by atoms with Crippen molar-refractivity contribution in [3.63, 3.8) is 0 Å². The van der Waals surface area contributed by atoms with Crippen molar-refractivity contribution in [3.05, 3.63) is 70.4 Å². The first-order valence-corrected chi connectivity index (χ1v) is 8.96. The first kappa shape index (κ1) is 16.1. The van der Waals surface area contributed by atoms with Gasteiger partial charge in [0.05, 0.1) is 21.5 Å². The molecule has 0 bridgehead atoms. The maximum atomic E-state index is 6.20. The van der Waals surface area contributed by atoms with Crippen LogP contribution in [0.4, 0.5) is 5.13 Å². The predicted octanol–water partition coefficient (Wildman–Crippen LogP) is 6.31. The Hall–Kier alpha value is -2.34. The van der Waals surface area contributed by atoms with E-state index in [0.29, 0.717) is 21.6 Å². The molecule has 0 amide bonds. The second kappa shape index (κ2) is 6.88. The van der Waals surface area contributed by atoms with Gasteiger partial charge in [0.1, 0.15) is 11.5 Å². The molecule has 0 aliphatic rings. The fourth-order valence-corrected chi connectivity index (χ4v) is 3.64. The summed E-state index contributed by atoms with van der Waals surface area (Å²) in [5.41, 5.74) is 4.65. The van der Waals surface area contributed by atoms with Crippen molar-refractivity contribution in [1.82, 2.24) is 4.98 Å². The number of thiazole rings is 1. The molecule has 7 heteroatoms. The average Bonchev–Trinajstić information content (AvgIpc) is 3.21. The molecule has 0 fully saturated rings. The summed E-state index contributed by atoms with van der Waals surface area (Å²) in [6, 6.07) is 16.9. The van der Waals surface area contributed by atoms with Gasteiger partial charge in [0.2, 0.25) is 5.13 Å². The molecule has 0 aliphatic heterocycles. The average molecular weight is 388 g/mol. The van der Waals surface area contributed by atoms with Gasteiger partial charge in [-0.2, -0.15) is 5.10 Å². The number of furan rings is 1. The molecule has 4 aromatic rings. The molecule has 0 saturated carbocycles. The second-order valence-corrected chi connectivity index (χ2v) is 7.06. The lowest BCUT2D eigenvalue weighted by atomic mass is 10.2. The lowest BCUT2D eigenvalue weighted by molar-refractivity contribution is 0.575. The molecular formula is C18H11Cl2N3OS. The fraction of sp³-hybridized carbons (Fsp3) is 0. The number of hydrogen-bond donors (Lipinski definition) is 1. The Morgan fingerprint density at radius 1 is 1.08 bits per heavy atom. The Kier molecular flexibility index (Phi) is 4.44. The first-order valence-electron chi connectivity index (χ1n) is 7.39. The van der Waals surface area contributed by atoms with Crippen LogP contribution in [0.5, 0.6) is 0 Å². The lowest BCUT2D eigenvalue weighted by Gasteiger charge is -2.00. The predicted molar refractivity (Wildman–Crippen MR) is 105 cm³/mol. The highest BCUT2D eigenvalue weighted by Gasteiger charge is 2.08. The van der Waals surface area contributed by atoms with Crippen molar-refractivity contribution in [1.29, 1.82) is 0 Å². The lowest BCUT2D eigenvalue weighted by Crippen LogP contribution is -1.88. The van der Waals surface area contributed by atoms with Crippen molar-refractivity contribution in [2.24, 2.45) is 5.10 Å². The van der Waals surface area contributed by atoms with E-state index in [0.717, 1.165) is 20.9 Å². The molecule has 0 aliphatic carbocycles. The number of hydrazone groups is 1. The number of benzene rings is 2. The number of para-hydroxylation sites is 1. The third-order valence-electron chi connectivity index (χ3n) is 3.47. The molecule has 1 N–H and O–H groups in total. The highest BCUT2D eigenvalue weighted by molar-refractivity contribution is 7.22. The summed E-state index contributed by atoms with van der Waals surface area (Å²) in [5, 5.41) is 6.03. The normalized spacial score (nSPS) is 11.4. The van der Waals surface area contributed by atoms with Crippen LogP contribution in [0, 0.1) is 0 Å². The van der Waals surface area contributed by atoms with Gasteiger partial charge in [-0.1, -0.05) is 46.7 Å². The van der Waals surface area contributed by atoms with Gasteiger partial charge < -0.3 is 4.42 Å². The monoisotopic (exact) mass is 387 g/mol. The van der Waals surface area contributed by atoms with E-state index in [1.807, 2.05) is 42.5 Å². The topological polar surface area (TPSA) is 50.4 Å². The Balaban J connectivity index is 1.49. The van der Waals surface area contributed by atoms with Crippen molar-refractivity contribution >= 4 is 56.1 Å². The van der Waals surface area contributed by atoms with Gasteiger partial charge in [-0.05, 0) is 42.5 Å². The molecule has 124 valence electrons. The third kappa shape index (κ3) is 3.54. The molecule has 25 heavy (non-hydrogen) atoms. The van der Waals surface area contributed by atoms with Gasteiger partial charge in [-0.25, -0.2) is 4.98 Å². The van der Waals surface area contributed by atoms with E-state index >= 15 is 0 Å². The maximum Gasteiger partial charge on any atom is 0.204 e. The second-order valence-electron chi connectivity index (χ2n) is 5.18. The molecule has 2 heterocycles. The number of aromatic nitrogens is 1. The molecule has 0 radical (unpaired) electrons. The van der Waals surface area contributed by atoms with Crippen LogP contribution in [-0.4, -0.2) is 11.2 Å². The standard InChI is InChI=1S/C18H11Cl2N3OS/c19-11-5-7-13(14(20)9-11)16-8-6-12(24-16)10-21-23-18-22-15-3-1-2-4-17(15)25-18/h1-10H,(H,22,23)/b21-10-. The number of fused-ring (bicyclic) bond motifs is 1. The zero-order chi connectivity index (χ0) is 17.2. The molecule has 0 atom stereocenters. The van der Waals surface area contributed by atoms with Crippen molar-refractivity contribution in [3.8, 4) is 11.3 Å². The minimum Gasteiger partial charge on any atom is -0.455 e. The summed E-state index contributed by atoms with van der Waals surface area (Å²) in [7, 11) is 0. The van der Waals surface area contributed by atoms with Crippen LogP contribution in [0.25, 0.3) is 21.5 Å². The molecule has 4 rings (SSSR count). The van der Waals surface area contributed by atoms with Gasteiger partial charge in [-0.15, -0.1) is 0 Å². The number of hydrogen-bond acceptors (Lipinski definition) is 5. The SMILES string of the molecule is Clc1ccc(-c2ccc(/C=N\Nc3nc4ccccc4s3)o2)c(Cl)c1. The number of anilines is 1. The summed E-state index contributed by atoms with van der Waals surface area (Å²) in [6.07, 6.45) is 1.60. The van der Waals surface area contributed by atoms with Crippen LogP contribution in [0.3, 0.4) is 0 Å². The number of nitrogens with one attached hydrogen (secondary N) is 1. The Morgan fingerprint density at radius 3 is 2.80 bits per heavy atom. The van der Waals surface area contributed by atoms with E-state index < -0.39 is 0 Å². The van der Waals surface area contributed by atoms with Crippen molar-refractivity contribution < 1.29 is 4.42 Å². The summed E-state index contributed by atoms with van der Waals surface area (Å²) in [5.74, 6) is 1.26. The highest BCUT2D eigenvalue weighted by Crippen LogP contribution is 2.31. The molecule has 0 unspecified atom stereocenters. The minimum absolute atomic E-state index is 0.540. The van der Waals surface area contributed by atoms with Gasteiger partial charge in [-0.3, -0.25) is 5.43 Å². The summed E-state index contributed by atoms with van der Waals surface area (Å²) < 4.78 is 6.86. The highest BCUT2D eigenvalue weighted by atomic mass is 35.5. The number of rotatable bonds is 4. The smallest absolute Gasteiger partial charge is 0.204 e. The molecule has 0 spiro atoms. The van der Waals surface area contributed by atoms with Crippen LogP contribution in [-0.2, 0) is 0 Å².